The van der Waals surface area contributed by atoms with E-state index in [0.29, 0.717) is 38.4 Å². The van der Waals surface area contributed by atoms with Crippen LogP contribution in [0.1, 0.15) is 86.5 Å². The minimum absolute atomic E-state index is 0.00580. The molecule has 0 saturated carbocycles. The van der Waals surface area contributed by atoms with Gasteiger partial charge in [0.1, 0.15) is 11.7 Å². The Labute approximate surface area is 304 Å². The molecule has 0 radical (unpaired) electrons. The zero-order chi connectivity index (χ0) is 37.3. The zero-order valence-electron chi connectivity index (χ0n) is 31.9. The highest BCUT2D eigenvalue weighted by atomic mass is 16.6. The fraction of sp³-hybridized carbons (Fsp3) is 0.795. The minimum Gasteiger partial charge on any atom is -0.457 e. The van der Waals surface area contributed by atoms with Crippen molar-refractivity contribution in [2.24, 2.45) is 11.8 Å². The number of esters is 1. The van der Waals surface area contributed by atoms with Crippen molar-refractivity contribution in [1.82, 2.24) is 9.80 Å². The molecule has 3 N–H and O–H groups in total. The van der Waals surface area contributed by atoms with Gasteiger partial charge in [0, 0.05) is 57.6 Å². The van der Waals surface area contributed by atoms with Crippen molar-refractivity contribution in [2.45, 2.75) is 140 Å². The molecule has 1 amide bonds. The normalized spacial score (nSPS) is 35.2. The van der Waals surface area contributed by atoms with Gasteiger partial charge in [-0.2, -0.15) is 0 Å². The molecule has 4 rings (SSSR count). The molecule has 0 aromatic heterocycles. The van der Waals surface area contributed by atoms with Gasteiger partial charge in [0.15, 0.2) is 6.10 Å². The highest BCUT2D eigenvalue weighted by Crippen LogP contribution is 2.38. The van der Waals surface area contributed by atoms with E-state index in [1.807, 2.05) is 52.8 Å². The number of methoxy groups -OCH3 is 1. The van der Waals surface area contributed by atoms with E-state index in [-0.39, 0.29) is 36.9 Å². The van der Waals surface area contributed by atoms with Gasteiger partial charge in [-0.25, -0.2) is 4.79 Å². The molecule has 4 aliphatic rings. The number of aliphatic hydroxyl groups is 3. The van der Waals surface area contributed by atoms with Crippen LogP contribution >= 0.6 is 0 Å². The van der Waals surface area contributed by atoms with Gasteiger partial charge < -0.3 is 43.9 Å². The third-order valence-electron chi connectivity index (χ3n) is 11.3. The second kappa shape index (κ2) is 18.6. The first-order valence-corrected chi connectivity index (χ1v) is 19.0. The van der Waals surface area contributed by atoms with E-state index in [9.17, 15) is 24.9 Å². The SMILES string of the molecule is CCC(O)C(C)C1OC1CC(C)(O)/C=C/C=C(\C)C1OC(=O)CC(O)CCC(C)(OC)C(OC(=O)N2CCC(N3CCOCC3)CC2)/C=C\C1C. The quantitative estimate of drug-likeness (QED) is 0.122. The fourth-order valence-corrected chi connectivity index (χ4v) is 7.55. The molecule has 10 unspecified atom stereocenters. The lowest BCUT2D eigenvalue weighted by molar-refractivity contribution is -0.151. The molecule has 0 aliphatic carbocycles. The molecule has 0 aromatic carbocycles. The molecule has 4 aliphatic heterocycles. The molecule has 0 spiro atoms. The maximum Gasteiger partial charge on any atom is 0.410 e. The van der Waals surface area contributed by atoms with Crippen LogP contribution in [-0.2, 0) is 28.5 Å². The van der Waals surface area contributed by atoms with E-state index in [1.54, 1.807) is 31.1 Å². The number of hydrogen-bond acceptors (Lipinski definition) is 11. The summed E-state index contributed by atoms with van der Waals surface area (Å²) in [6.07, 6.45) is 8.74. The van der Waals surface area contributed by atoms with Gasteiger partial charge >= 0.3 is 12.1 Å². The molecular formula is C39H64N2O10. The Hall–Kier alpha value is -2.32. The fourth-order valence-electron chi connectivity index (χ4n) is 7.55. The number of hydrogen-bond donors (Lipinski definition) is 3. The number of ether oxygens (including phenoxy) is 5. The summed E-state index contributed by atoms with van der Waals surface area (Å²) in [5.74, 6) is -0.844. The predicted molar refractivity (Wildman–Crippen MR) is 193 cm³/mol. The number of nitrogens with zero attached hydrogens (tertiary/aromatic N) is 2. The van der Waals surface area contributed by atoms with E-state index in [2.05, 4.69) is 4.90 Å². The number of likely N-dealkylation sites (tertiary alicyclic amines) is 1. The number of epoxide rings is 1. The van der Waals surface area contributed by atoms with Crippen LogP contribution in [0.25, 0.3) is 0 Å². The number of aliphatic hydroxyl groups excluding tert-OH is 2. The molecule has 51 heavy (non-hydrogen) atoms. The standard InChI is InChI=1S/C39H64N2O10/c1-8-31(43)28(4)36-32(49-36)25-38(5,46)16-9-10-26(2)35-27(3)11-12-33(39(6,47-7)17-13-30(42)24-34(44)51-35)50-37(45)41-18-14-29(15-19-41)40-20-22-48-23-21-40/h9-12,16,27-33,35-36,42-43,46H,8,13-15,17-25H2,1-7H3/b12-11-,16-9+,26-10+. The summed E-state index contributed by atoms with van der Waals surface area (Å²) < 4.78 is 29.3. The third-order valence-corrected chi connectivity index (χ3v) is 11.3. The monoisotopic (exact) mass is 720 g/mol. The summed E-state index contributed by atoms with van der Waals surface area (Å²) in [7, 11) is 1.57. The molecule has 4 heterocycles. The van der Waals surface area contributed by atoms with Gasteiger partial charge in [0.25, 0.3) is 0 Å². The van der Waals surface area contributed by atoms with Crippen LogP contribution in [0.15, 0.2) is 36.0 Å². The van der Waals surface area contributed by atoms with Crippen LogP contribution < -0.4 is 0 Å². The van der Waals surface area contributed by atoms with Crippen molar-refractivity contribution in [3.8, 4) is 0 Å². The zero-order valence-corrected chi connectivity index (χ0v) is 31.9. The number of allylic oxidation sites excluding steroid dienone is 2. The topological polar surface area (TPSA) is 151 Å². The first-order valence-electron chi connectivity index (χ1n) is 19.0. The molecule has 290 valence electrons. The van der Waals surface area contributed by atoms with E-state index >= 15 is 0 Å². The molecule has 3 saturated heterocycles. The number of amides is 1. The van der Waals surface area contributed by atoms with E-state index in [4.69, 9.17) is 23.7 Å². The minimum atomic E-state index is -1.15. The highest BCUT2D eigenvalue weighted by Gasteiger charge is 2.47. The van der Waals surface area contributed by atoms with Crippen LogP contribution in [0.4, 0.5) is 4.79 Å². The number of piperidine rings is 1. The van der Waals surface area contributed by atoms with Crippen molar-refractivity contribution in [3.63, 3.8) is 0 Å². The van der Waals surface area contributed by atoms with Gasteiger partial charge in [0.2, 0.25) is 0 Å². The Morgan fingerprint density at radius 3 is 2.51 bits per heavy atom. The lowest BCUT2D eigenvalue weighted by Crippen LogP contribution is -2.51. The molecular weight excluding hydrogens is 656 g/mol. The first kappa shape index (κ1) is 41.4. The smallest absolute Gasteiger partial charge is 0.410 e. The maximum atomic E-state index is 13.6. The summed E-state index contributed by atoms with van der Waals surface area (Å²) >= 11 is 0. The molecule has 10 atom stereocenters. The van der Waals surface area contributed by atoms with Crippen LogP contribution in [-0.4, -0.2) is 138 Å². The number of rotatable bonds is 11. The molecule has 12 nitrogen and oxygen atoms in total. The molecule has 3 fully saturated rings. The largest absolute Gasteiger partial charge is 0.457 e. The lowest BCUT2D eigenvalue weighted by Gasteiger charge is -2.41. The van der Waals surface area contributed by atoms with E-state index in [0.717, 1.165) is 44.7 Å². The van der Waals surface area contributed by atoms with Gasteiger partial charge in [-0.1, -0.05) is 45.1 Å². The second-order valence-corrected chi connectivity index (χ2v) is 15.5. The average Bonchev–Trinajstić information content (AvgIpc) is 3.88. The summed E-state index contributed by atoms with van der Waals surface area (Å²) in [6, 6.07) is 0.427. The summed E-state index contributed by atoms with van der Waals surface area (Å²) in [5, 5.41) is 32.1. The van der Waals surface area contributed by atoms with Crippen molar-refractivity contribution < 1.29 is 48.6 Å². The Morgan fingerprint density at radius 2 is 1.86 bits per heavy atom. The first-order chi connectivity index (χ1) is 24.2. The van der Waals surface area contributed by atoms with Gasteiger partial charge in [0.05, 0.1) is 49.7 Å². The van der Waals surface area contributed by atoms with Crippen molar-refractivity contribution in [2.75, 3.05) is 46.5 Å². The summed E-state index contributed by atoms with van der Waals surface area (Å²) in [5.41, 5.74) is -1.36. The van der Waals surface area contributed by atoms with Crippen molar-refractivity contribution in [3.05, 3.63) is 36.0 Å². The van der Waals surface area contributed by atoms with Crippen molar-refractivity contribution >= 4 is 12.1 Å². The van der Waals surface area contributed by atoms with Crippen molar-refractivity contribution in [1.29, 1.82) is 0 Å². The second-order valence-electron chi connectivity index (χ2n) is 15.5. The highest BCUT2D eigenvalue weighted by molar-refractivity contribution is 5.70. The van der Waals surface area contributed by atoms with Gasteiger partial charge in [-0.05, 0) is 64.5 Å². The predicted octanol–water partition coefficient (Wildman–Crippen LogP) is 4.16. The van der Waals surface area contributed by atoms with Crippen LogP contribution in [0.2, 0.25) is 0 Å². The molecule has 12 heteroatoms. The number of morpholine rings is 1. The lowest BCUT2D eigenvalue weighted by atomic mass is 9.88. The average molecular weight is 721 g/mol. The van der Waals surface area contributed by atoms with Gasteiger partial charge in [-0.15, -0.1) is 0 Å². The summed E-state index contributed by atoms with van der Waals surface area (Å²) in [4.78, 5) is 30.8. The van der Waals surface area contributed by atoms with Gasteiger partial charge in [-0.3, -0.25) is 9.69 Å². The van der Waals surface area contributed by atoms with Crippen LogP contribution in [0.5, 0.6) is 0 Å². The van der Waals surface area contributed by atoms with E-state index in [1.165, 1.54) is 0 Å². The van der Waals surface area contributed by atoms with Crippen LogP contribution in [0, 0.1) is 11.8 Å². The Morgan fingerprint density at radius 1 is 1.18 bits per heavy atom. The number of carbonyl (C=O) groups is 2. The maximum absolute atomic E-state index is 13.6. The molecule has 0 bridgehead atoms. The van der Waals surface area contributed by atoms with E-state index < -0.39 is 47.7 Å². The Kier molecular flexibility index (Phi) is 15.1. The number of carbonyl (C=O) groups excluding carboxylic acids is 2. The summed E-state index contributed by atoms with van der Waals surface area (Å²) in [6.45, 7) is 15.8. The molecule has 0 aromatic rings. The van der Waals surface area contributed by atoms with Crippen LogP contribution in [0.3, 0.4) is 0 Å². The Balaban J connectivity index is 1.45. The third kappa shape index (κ3) is 11.8. The Bertz CT molecular complexity index is 1220. The number of cyclic esters (lactones) is 1.